The van der Waals surface area contributed by atoms with Gasteiger partial charge in [-0.25, -0.2) is 9.50 Å². The number of hydrogen-bond donors (Lipinski definition) is 0. The van der Waals surface area contributed by atoms with Gasteiger partial charge in [-0.05, 0) is 44.2 Å². The molecule has 2 aromatic heterocycles. The molecule has 0 aliphatic rings. The number of nitrogens with zero attached hydrogens (tertiary/aromatic N) is 4. The second-order valence-electron chi connectivity index (χ2n) is 7.78. The molecule has 2 heterocycles. The van der Waals surface area contributed by atoms with Crippen LogP contribution in [0, 0.1) is 0 Å². The first-order valence-corrected chi connectivity index (χ1v) is 9.63. The summed E-state index contributed by atoms with van der Waals surface area (Å²) in [6.07, 6.45) is 0. The van der Waals surface area contributed by atoms with E-state index in [0.29, 0.717) is 24.4 Å². The zero-order chi connectivity index (χ0) is 20.5. The van der Waals surface area contributed by atoms with E-state index in [1.165, 1.54) is 0 Å². The second-order valence-corrected chi connectivity index (χ2v) is 7.78. The summed E-state index contributed by atoms with van der Waals surface area (Å²) < 4.78 is 6.92. The third-order valence-corrected chi connectivity index (χ3v) is 4.85. The minimum Gasteiger partial charge on any atom is -0.497 e. The zero-order valence-electron chi connectivity index (χ0n) is 17.5. The molecule has 0 atom stereocenters. The molecule has 3 rings (SSSR count). The number of methoxy groups -OCH3 is 1. The molecule has 0 unspecified atom stereocenters. The van der Waals surface area contributed by atoms with E-state index in [4.69, 9.17) is 14.8 Å². The number of benzene rings is 1. The first-order valence-electron chi connectivity index (χ1n) is 9.63. The monoisotopic (exact) mass is 380 g/mol. The van der Waals surface area contributed by atoms with Gasteiger partial charge in [-0.2, -0.15) is 5.10 Å². The Labute approximate surface area is 166 Å². The van der Waals surface area contributed by atoms with Gasteiger partial charge in [0.2, 0.25) is 0 Å². The normalized spacial score (nSPS) is 11.6. The van der Waals surface area contributed by atoms with Gasteiger partial charge in [0, 0.05) is 30.1 Å². The van der Waals surface area contributed by atoms with E-state index in [1.54, 1.807) is 16.5 Å². The van der Waals surface area contributed by atoms with Crippen molar-refractivity contribution in [3.8, 4) is 17.0 Å². The maximum atomic E-state index is 13.2. The van der Waals surface area contributed by atoms with Crippen molar-refractivity contribution in [2.75, 3.05) is 20.2 Å². The van der Waals surface area contributed by atoms with E-state index in [1.807, 2.05) is 50.2 Å². The lowest BCUT2D eigenvalue weighted by Gasteiger charge is -2.19. The van der Waals surface area contributed by atoms with Crippen LogP contribution in [0.4, 0.5) is 0 Å². The number of aromatic nitrogens is 3. The largest absolute Gasteiger partial charge is 0.497 e. The fourth-order valence-corrected chi connectivity index (χ4v) is 3.08. The van der Waals surface area contributed by atoms with Crippen LogP contribution in [0.2, 0.25) is 0 Å². The number of hydrogen-bond acceptors (Lipinski definition) is 4. The van der Waals surface area contributed by atoms with Crippen molar-refractivity contribution in [3.05, 3.63) is 47.8 Å². The van der Waals surface area contributed by atoms with Crippen molar-refractivity contribution in [3.63, 3.8) is 0 Å². The Morgan fingerprint density at radius 2 is 1.75 bits per heavy atom. The number of carbonyl (C=O) groups is 1. The molecule has 148 valence electrons. The Hall–Kier alpha value is -2.89. The first kappa shape index (κ1) is 19.9. The van der Waals surface area contributed by atoms with Crippen LogP contribution in [-0.4, -0.2) is 45.6 Å². The fraction of sp³-hybridized carbons (Fsp3) is 0.409. The molecule has 0 saturated heterocycles. The summed E-state index contributed by atoms with van der Waals surface area (Å²) in [5.41, 5.74) is 3.63. The average Bonchev–Trinajstić information content (AvgIpc) is 3.13. The lowest BCUT2D eigenvalue weighted by molar-refractivity contribution is 0.0764. The third kappa shape index (κ3) is 3.72. The van der Waals surface area contributed by atoms with Crippen LogP contribution in [0.3, 0.4) is 0 Å². The number of carbonyl (C=O) groups excluding carboxylic acids is 1. The van der Waals surface area contributed by atoms with Crippen molar-refractivity contribution in [1.82, 2.24) is 19.5 Å². The second kappa shape index (κ2) is 7.62. The summed E-state index contributed by atoms with van der Waals surface area (Å²) in [6.45, 7) is 11.6. The van der Waals surface area contributed by atoms with E-state index in [2.05, 4.69) is 20.8 Å². The van der Waals surface area contributed by atoms with Crippen molar-refractivity contribution >= 4 is 11.6 Å². The van der Waals surface area contributed by atoms with E-state index in [9.17, 15) is 4.79 Å². The predicted octanol–water partition coefficient (Wildman–Crippen LogP) is 4.18. The Bertz CT molecular complexity index is 980. The van der Waals surface area contributed by atoms with Crippen molar-refractivity contribution < 1.29 is 9.53 Å². The molecule has 0 aliphatic heterocycles. The molecule has 1 aromatic carbocycles. The van der Waals surface area contributed by atoms with Gasteiger partial charge < -0.3 is 9.64 Å². The molecule has 0 spiro atoms. The van der Waals surface area contributed by atoms with Crippen molar-refractivity contribution in [2.24, 2.45) is 0 Å². The number of fused-ring (bicyclic) bond motifs is 1. The Morgan fingerprint density at radius 1 is 1.11 bits per heavy atom. The van der Waals surface area contributed by atoms with Crippen LogP contribution in [0.25, 0.3) is 16.9 Å². The quantitative estimate of drug-likeness (QED) is 0.666. The first-order chi connectivity index (χ1) is 13.3. The zero-order valence-corrected chi connectivity index (χ0v) is 17.5. The molecule has 0 saturated carbocycles. The van der Waals surface area contributed by atoms with E-state index in [0.717, 1.165) is 22.7 Å². The van der Waals surface area contributed by atoms with Crippen LogP contribution in [0.1, 0.15) is 50.8 Å². The van der Waals surface area contributed by atoms with Crippen LogP contribution in [0.15, 0.2) is 36.4 Å². The van der Waals surface area contributed by atoms with E-state index in [-0.39, 0.29) is 11.3 Å². The van der Waals surface area contributed by atoms with Gasteiger partial charge in [0.05, 0.1) is 18.5 Å². The highest BCUT2D eigenvalue weighted by molar-refractivity contribution is 5.94. The van der Waals surface area contributed by atoms with Gasteiger partial charge in [-0.3, -0.25) is 4.79 Å². The van der Waals surface area contributed by atoms with Crippen LogP contribution in [0.5, 0.6) is 5.75 Å². The minimum absolute atomic E-state index is 0.0456. The topological polar surface area (TPSA) is 59.7 Å². The SMILES string of the molecule is CCN(CC)C(=O)c1cc(-c2ccc(OC)cc2)nc2cc(C(C)(C)C)nn12. The van der Waals surface area contributed by atoms with Gasteiger partial charge in [0.15, 0.2) is 5.65 Å². The molecule has 6 nitrogen and oxygen atoms in total. The lowest BCUT2D eigenvalue weighted by atomic mass is 9.93. The average molecular weight is 380 g/mol. The highest BCUT2D eigenvalue weighted by Crippen LogP contribution is 2.26. The maximum absolute atomic E-state index is 13.2. The van der Waals surface area contributed by atoms with Gasteiger partial charge >= 0.3 is 0 Å². The molecular weight excluding hydrogens is 352 g/mol. The van der Waals surface area contributed by atoms with Crippen LogP contribution >= 0.6 is 0 Å². The molecule has 0 aliphatic carbocycles. The molecular formula is C22H28N4O2. The summed E-state index contributed by atoms with van der Waals surface area (Å²) in [6, 6.07) is 11.5. The van der Waals surface area contributed by atoms with Gasteiger partial charge in [0.1, 0.15) is 11.4 Å². The highest BCUT2D eigenvalue weighted by atomic mass is 16.5. The maximum Gasteiger partial charge on any atom is 0.272 e. The number of ether oxygens (including phenoxy) is 1. The highest BCUT2D eigenvalue weighted by Gasteiger charge is 2.23. The van der Waals surface area contributed by atoms with Gasteiger partial charge in [0.25, 0.3) is 5.91 Å². The summed E-state index contributed by atoms with van der Waals surface area (Å²) in [5, 5.41) is 4.70. The van der Waals surface area contributed by atoms with Crippen LogP contribution in [-0.2, 0) is 5.41 Å². The summed E-state index contributed by atoms with van der Waals surface area (Å²) in [4.78, 5) is 19.8. The molecule has 0 fully saturated rings. The van der Waals surface area contributed by atoms with Crippen LogP contribution < -0.4 is 4.74 Å². The fourth-order valence-electron chi connectivity index (χ4n) is 3.08. The standard InChI is InChI=1S/C22H28N4O2/c1-7-25(8-2)21(27)18-13-17(15-9-11-16(28-6)12-10-15)23-20-14-19(22(3,4)5)24-26(18)20/h9-14H,7-8H2,1-6H3. The van der Waals surface area contributed by atoms with Crippen molar-refractivity contribution in [1.29, 1.82) is 0 Å². The predicted molar refractivity (Wildman–Crippen MR) is 111 cm³/mol. The molecule has 6 heteroatoms. The molecule has 28 heavy (non-hydrogen) atoms. The van der Waals surface area contributed by atoms with Gasteiger partial charge in [-0.1, -0.05) is 20.8 Å². The summed E-state index contributed by atoms with van der Waals surface area (Å²) in [7, 11) is 1.64. The Balaban J connectivity index is 2.21. The minimum atomic E-state index is -0.135. The third-order valence-electron chi connectivity index (χ3n) is 4.85. The summed E-state index contributed by atoms with van der Waals surface area (Å²) in [5.74, 6) is 0.736. The van der Waals surface area contributed by atoms with E-state index >= 15 is 0 Å². The Kier molecular flexibility index (Phi) is 5.40. The smallest absolute Gasteiger partial charge is 0.272 e. The Morgan fingerprint density at radius 3 is 2.29 bits per heavy atom. The van der Waals surface area contributed by atoms with Gasteiger partial charge in [-0.15, -0.1) is 0 Å². The lowest BCUT2D eigenvalue weighted by Crippen LogP contribution is -2.32. The molecule has 0 N–H and O–H groups in total. The molecule has 0 bridgehead atoms. The molecule has 1 amide bonds. The van der Waals surface area contributed by atoms with Crippen molar-refractivity contribution in [2.45, 2.75) is 40.0 Å². The van der Waals surface area contributed by atoms with E-state index < -0.39 is 0 Å². The molecule has 3 aromatic rings. The summed E-state index contributed by atoms with van der Waals surface area (Å²) >= 11 is 0. The molecule has 0 radical (unpaired) electrons. The number of rotatable bonds is 5. The number of amides is 1.